The molecule has 0 fully saturated rings. The summed E-state index contributed by atoms with van der Waals surface area (Å²) in [6.07, 6.45) is 0. The molecular formula is C73H51N3. The van der Waals surface area contributed by atoms with Crippen LogP contribution < -0.4 is 4.90 Å². The number of fused-ring (bicyclic) bond motifs is 10. The molecule has 2 aromatic heterocycles. The van der Waals surface area contributed by atoms with Gasteiger partial charge in [-0.1, -0.05) is 190 Å². The predicted molar refractivity (Wildman–Crippen MR) is 321 cm³/mol. The van der Waals surface area contributed by atoms with Crippen molar-refractivity contribution >= 4 is 71.4 Å². The largest absolute Gasteiger partial charge is 0.310 e. The number of rotatable bonds is 8. The summed E-state index contributed by atoms with van der Waals surface area (Å²) >= 11 is 0. The van der Waals surface area contributed by atoms with Crippen LogP contribution in [0, 0.1) is 0 Å². The molecule has 0 saturated carbocycles. The molecule has 0 bridgehead atoms. The number of hydrogen-bond acceptors (Lipinski definition) is 1. The van der Waals surface area contributed by atoms with Crippen molar-refractivity contribution in [3.8, 4) is 55.9 Å². The Morgan fingerprint density at radius 2 is 0.737 bits per heavy atom. The van der Waals surface area contributed by atoms with E-state index in [0.717, 1.165) is 22.7 Å². The van der Waals surface area contributed by atoms with Gasteiger partial charge >= 0.3 is 0 Å². The van der Waals surface area contributed by atoms with Gasteiger partial charge in [0, 0.05) is 55.4 Å². The summed E-state index contributed by atoms with van der Waals surface area (Å²) in [5.41, 5.74) is 22.7. The maximum absolute atomic E-state index is 2.45. The summed E-state index contributed by atoms with van der Waals surface area (Å²) in [4.78, 5) is 2.43. The van der Waals surface area contributed by atoms with Crippen molar-refractivity contribution in [2.75, 3.05) is 4.90 Å². The Bertz CT molecular complexity index is 4570. The molecule has 0 atom stereocenters. The van der Waals surface area contributed by atoms with Crippen LogP contribution >= 0.6 is 0 Å². The number of nitrogens with zero attached hydrogens (tertiary/aromatic N) is 3. The van der Waals surface area contributed by atoms with E-state index < -0.39 is 0 Å². The molecule has 76 heavy (non-hydrogen) atoms. The first-order chi connectivity index (χ1) is 37.4. The van der Waals surface area contributed by atoms with Crippen LogP contribution in [0.3, 0.4) is 0 Å². The second-order valence-corrected chi connectivity index (χ2v) is 20.9. The highest BCUT2D eigenvalue weighted by Crippen LogP contribution is 2.52. The molecule has 358 valence electrons. The van der Waals surface area contributed by atoms with E-state index >= 15 is 0 Å². The van der Waals surface area contributed by atoms with Crippen LogP contribution in [-0.2, 0) is 5.41 Å². The Morgan fingerprint density at radius 3 is 1.43 bits per heavy atom. The molecule has 12 aromatic carbocycles. The van der Waals surface area contributed by atoms with Gasteiger partial charge in [-0.25, -0.2) is 0 Å². The fourth-order valence-corrected chi connectivity index (χ4v) is 12.6. The molecule has 0 spiro atoms. The summed E-state index contributed by atoms with van der Waals surface area (Å²) < 4.78 is 4.78. The average Bonchev–Trinajstić information content (AvgIpc) is 4.09. The lowest BCUT2D eigenvalue weighted by molar-refractivity contribution is 0.660. The third kappa shape index (κ3) is 6.90. The number of benzene rings is 12. The maximum Gasteiger partial charge on any atom is 0.0547 e. The molecule has 3 nitrogen and oxygen atoms in total. The molecule has 0 amide bonds. The molecule has 0 radical (unpaired) electrons. The highest BCUT2D eigenvalue weighted by atomic mass is 15.1. The van der Waals surface area contributed by atoms with E-state index in [1.807, 2.05) is 0 Å². The topological polar surface area (TPSA) is 13.1 Å². The molecule has 0 saturated heterocycles. The van der Waals surface area contributed by atoms with Crippen molar-refractivity contribution in [2.45, 2.75) is 19.3 Å². The van der Waals surface area contributed by atoms with Crippen LogP contribution in [0.2, 0.25) is 0 Å². The van der Waals surface area contributed by atoms with Crippen molar-refractivity contribution in [3.63, 3.8) is 0 Å². The van der Waals surface area contributed by atoms with E-state index in [9.17, 15) is 0 Å². The fourth-order valence-electron chi connectivity index (χ4n) is 12.6. The van der Waals surface area contributed by atoms with Crippen molar-refractivity contribution < 1.29 is 0 Å². The van der Waals surface area contributed by atoms with E-state index in [1.165, 1.54) is 116 Å². The Hall–Kier alpha value is -9.70. The number of anilines is 3. The first kappa shape index (κ1) is 43.8. The monoisotopic (exact) mass is 969 g/mol. The van der Waals surface area contributed by atoms with Crippen molar-refractivity contribution in [1.82, 2.24) is 9.13 Å². The molecule has 0 aliphatic heterocycles. The molecular weight excluding hydrogens is 919 g/mol. The first-order valence-corrected chi connectivity index (χ1v) is 26.4. The van der Waals surface area contributed by atoms with E-state index in [2.05, 4.69) is 301 Å². The van der Waals surface area contributed by atoms with Gasteiger partial charge in [0.25, 0.3) is 0 Å². The maximum atomic E-state index is 2.45. The van der Waals surface area contributed by atoms with E-state index in [-0.39, 0.29) is 5.41 Å². The van der Waals surface area contributed by atoms with Gasteiger partial charge < -0.3 is 14.0 Å². The molecule has 3 heteroatoms. The Balaban J connectivity index is 0.818. The van der Waals surface area contributed by atoms with E-state index in [4.69, 9.17) is 0 Å². The highest BCUT2D eigenvalue weighted by Gasteiger charge is 2.36. The smallest absolute Gasteiger partial charge is 0.0547 e. The summed E-state index contributed by atoms with van der Waals surface area (Å²) in [6.45, 7) is 4.79. The van der Waals surface area contributed by atoms with Crippen LogP contribution in [0.1, 0.15) is 25.0 Å². The number of hydrogen-bond donors (Lipinski definition) is 0. The van der Waals surface area contributed by atoms with Crippen molar-refractivity contribution in [1.29, 1.82) is 0 Å². The van der Waals surface area contributed by atoms with Crippen LogP contribution in [0.4, 0.5) is 17.1 Å². The van der Waals surface area contributed by atoms with Gasteiger partial charge in [0.15, 0.2) is 0 Å². The first-order valence-electron chi connectivity index (χ1n) is 26.4. The molecule has 1 aliphatic carbocycles. The highest BCUT2D eigenvalue weighted by molar-refractivity contribution is 6.12. The van der Waals surface area contributed by atoms with Crippen molar-refractivity contribution in [3.05, 3.63) is 284 Å². The van der Waals surface area contributed by atoms with Gasteiger partial charge in [0.1, 0.15) is 0 Å². The van der Waals surface area contributed by atoms with Gasteiger partial charge in [-0.15, -0.1) is 0 Å². The Morgan fingerprint density at radius 1 is 0.276 bits per heavy atom. The van der Waals surface area contributed by atoms with Crippen LogP contribution in [0.5, 0.6) is 0 Å². The SMILES string of the molecule is CC1(C)c2cc(-c3ccc4c(c3)c3ccccc3n4-c3ccccc3)ccc2-c2ccc(N(c3ccc(-c4ccc5c6ccccc6n(-c6ccccc6)c5c4)cc3)c3ccc(-c4cccc5ccccc45)cc3)cc21. The number of para-hydroxylation sites is 4. The van der Waals surface area contributed by atoms with Crippen LogP contribution in [-0.4, -0.2) is 9.13 Å². The molecule has 0 unspecified atom stereocenters. The van der Waals surface area contributed by atoms with Crippen LogP contribution in [0.15, 0.2) is 273 Å². The molecule has 2 heterocycles. The standard InChI is InChI=1S/C73H51N3/c1-73(2)67-45-52(51-34-43-71-66(44-51)64-24-12-14-27-70(64)75(71)54-18-5-3-6-19-54)32-40-61(67)62-42-39-58(47-68(62)73)74(57-37-30-50(31-38-57)60-25-15-17-49-16-9-10-22-59(49)60)56-35-28-48(29-36-56)53-33-41-65-63-23-11-13-26-69(63)76(72(65)46-53)55-20-7-4-8-21-55/h3-47H,1-2H3. The zero-order valence-electron chi connectivity index (χ0n) is 42.3. The lowest BCUT2D eigenvalue weighted by atomic mass is 9.81. The number of aromatic nitrogens is 2. The minimum Gasteiger partial charge on any atom is -0.310 e. The van der Waals surface area contributed by atoms with Crippen LogP contribution in [0.25, 0.3) is 110 Å². The minimum atomic E-state index is -0.251. The lowest BCUT2D eigenvalue weighted by Crippen LogP contribution is -2.16. The van der Waals surface area contributed by atoms with Crippen molar-refractivity contribution in [2.24, 2.45) is 0 Å². The van der Waals surface area contributed by atoms with Gasteiger partial charge in [-0.3, -0.25) is 0 Å². The average molecular weight is 970 g/mol. The lowest BCUT2D eigenvalue weighted by Gasteiger charge is -2.28. The summed E-state index contributed by atoms with van der Waals surface area (Å²) in [7, 11) is 0. The molecule has 0 N–H and O–H groups in total. The third-order valence-electron chi connectivity index (χ3n) is 16.3. The summed E-state index contributed by atoms with van der Waals surface area (Å²) in [5, 5.41) is 7.53. The Labute approximate surface area is 442 Å². The van der Waals surface area contributed by atoms with Gasteiger partial charge in [-0.2, -0.15) is 0 Å². The molecule has 1 aliphatic rings. The summed E-state index contributed by atoms with van der Waals surface area (Å²) in [6, 6.07) is 101. The third-order valence-corrected chi connectivity index (χ3v) is 16.3. The Kier molecular flexibility index (Phi) is 9.92. The normalized spacial score (nSPS) is 12.7. The quantitative estimate of drug-likeness (QED) is 0.148. The zero-order valence-corrected chi connectivity index (χ0v) is 42.3. The summed E-state index contributed by atoms with van der Waals surface area (Å²) in [5.74, 6) is 0. The molecule has 14 aromatic rings. The van der Waals surface area contributed by atoms with Gasteiger partial charge in [0.05, 0.1) is 22.1 Å². The second kappa shape index (κ2) is 17.2. The van der Waals surface area contributed by atoms with Gasteiger partial charge in [-0.05, 0) is 163 Å². The predicted octanol–water partition coefficient (Wildman–Crippen LogP) is 19.8. The molecule has 15 rings (SSSR count). The fraction of sp³-hybridized carbons (Fsp3) is 0.0411. The van der Waals surface area contributed by atoms with Gasteiger partial charge in [0.2, 0.25) is 0 Å². The van der Waals surface area contributed by atoms with E-state index in [1.54, 1.807) is 0 Å². The zero-order chi connectivity index (χ0) is 50.5. The van der Waals surface area contributed by atoms with E-state index in [0.29, 0.717) is 0 Å². The minimum absolute atomic E-state index is 0.251. The second-order valence-electron chi connectivity index (χ2n) is 20.9.